The molecule has 0 bridgehead atoms. The predicted molar refractivity (Wildman–Crippen MR) is 134 cm³/mol. The fourth-order valence-electron chi connectivity index (χ4n) is 4.96. The van der Waals surface area contributed by atoms with Gasteiger partial charge in [-0.1, -0.05) is 0 Å². The zero-order chi connectivity index (χ0) is 24.1. The SMILES string of the molecule is CC(C)Oc1cc2[nH]ncc2cc1Nc1ncnc2sc3c(c12)CCC(C(=O)N1CC(C#N)C1)C3. The van der Waals surface area contributed by atoms with Gasteiger partial charge in [-0.05, 0) is 44.7 Å². The minimum Gasteiger partial charge on any atom is -0.489 e. The molecule has 35 heavy (non-hydrogen) atoms. The zero-order valence-corrected chi connectivity index (χ0v) is 20.4. The van der Waals surface area contributed by atoms with Crippen LogP contribution in [0.4, 0.5) is 11.5 Å². The molecular weight excluding hydrogens is 462 g/mol. The molecule has 1 atom stereocenters. The first-order valence-corrected chi connectivity index (χ1v) is 12.7. The van der Waals surface area contributed by atoms with E-state index in [1.165, 1.54) is 10.4 Å². The van der Waals surface area contributed by atoms with Crippen LogP contribution in [0.2, 0.25) is 0 Å². The number of H-pyrrole nitrogens is 1. The van der Waals surface area contributed by atoms with E-state index in [2.05, 4.69) is 31.6 Å². The Morgan fingerprint density at radius 2 is 2.20 bits per heavy atom. The molecule has 2 aliphatic rings. The van der Waals surface area contributed by atoms with Gasteiger partial charge in [0.25, 0.3) is 0 Å². The molecule has 4 aromatic rings. The van der Waals surface area contributed by atoms with Gasteiger partial charge in [0, 0.05) is 35.3 Å². The maximum atomic E-state index is 12.9. The number of nitrogens with one attached hydrogen (secondary N) is 2. The average molecular weight is 488 g/mol. The van der Waals surface area contributed by atoms with E-state index in [1.54, 1.807) is 23.9 Å². The summed E-state index contributed by atoms with van der Waals surface area (Å²) in [6.45, 7) is 5.12. The average Bonchev–Trinajstić information content (AvgIpc) is 3.41. The van der Waals surface area contributed by atoms with Crippen LogP contribution in [-0.4, -0.2) is 50.2 Å². The third-order valence-corrected chi connectivity index (χ3v) is 7.89. The lowest BCUT2D eigenvalue weighted by molar-refractivity contribution is -0.141. The molecule has 1 aliphatic carbocycles. The van der Waals surface area contributed by atoms with Crippen LogP contribution in [-0.2, 0) is 17.6 Å². The van der Waals surface area contributed by atoms with Crippen LogP contribution in [0.3, 0.4) is 0 Å². The molecule has 0 spiro atoms. The Morgan fingerprint density at radius 1 is 1.34 bits per heavy atom. The predicted octanol–water partition coefficient (Wildman–Crippen LogP) is 4.19. The summed E-state index contributed by atoms with van der Waals surface area (Å²) < 4.78 is 6.08. The fraction of sp³-hybridized carbons (Fsp3) is 0.400. The standard InChI is InChI=1S/C25H25N7O2S/c1-13(2)34-20-7-18-16(9-29-31-18)5-19(20)30-23-22-17-4-3-15(25(33)32-10-14(8-26)11-32)6-21(17)35-24(22)28-12-27-23/h5,7,9,12-15H,3-4,6,10-11H2,1-2H3,(H,29,31)(H,27,28,30). The Labute approximate surface area is 206 Å². The first-order valence-electron chi connectivity index (χ1n) is 11.8. The van der Waals surface area contributed by atoms with Crippen molar-refractivity contribution in [3.05, 3.63) is 35.1 Å². The summed E-state index contributed by atoms with van der Waals surface area (Å²) in [5.74, 6) is 1.59. The molecule has 1 saturated heterocycles. The number of hydrogen-bond donors (Lipinski definition) is 2. The minimum absolute atomic E-state index is 0.0135. The highest BCUT2D eigenvalue weighted by Crippen LogP contribution is 2.42. The fourth-order valence-corrected chi connectivity index (χ4v) is 6.23. The second kappa shape index (κ2) is 8.50. The number of anilines is 2. The van der Waals surface area contributed by atoms with Gasteiger partial charge in [-0.3, -0.25) is 9.89 Å². The van der Waals surface area contributed by atoms with Gasteiger partial charge in [-0.2, -0.15) is 10.4 Å². The molecule has 0 saturated carbocycles. The number of thiophene rings is 1. The van der Waals surface area contributed by atoms with E-state index in [0.29, 0.717) is 19.5 Å². The van der Waals surface area contributed by atoms with Gasteiger partial charge in [0.15, 0.2) is 0 Å². The summed E-state index contributed by atoms with van der Waals surface area (Å²) >= 11 is 1.65. The lowest BCUT2D eigenvalue weighted by Crippen LogP contribution is -2.52. The van der Waals surface area contributed by atoms with Gasteiger partial charge in [0.1, 0.15) is 22.7 Å². The summed E-state index contributed by atoms with van der Waals surface area (Å²) in [5.41, 5.74) is 2.96. The van der Waals surface area contributed by atoms with E-state index in [1.807, 2.05) is 30.9 Å². The molecule has 4 heterocycles. The lowest BCUT2D eigenvalue weighted by atomic mass is 9.85. The number of aryl methyl sites for hydroxylation is 1. The van der Waals surface area contributed by atoms with Crippen LogP contribution in [0.1, 0.15) is 30.7 Å². The Kier molecular flexibility index (Phi) is 5.29. The number of aromatic amines is 1. The highest BCUT2D eigenvalue weighted by atomic mass is 32.1. The highest BCUT2D eigenvalue weighted by Gasteiger charge is 2.37. The number of aromatic nitrogens is 4. The van der Waals surface area contributed by atoms with Gasteiger partial charge >= 0.3 is 0 Å². The second-order valence-corrected chi connectivity index (χ2v) is 10.6. The molecule has 0 radical (unpaired) electrons. The smallest absolute Gasteiger partial charge is 0.226 e. The van der Waals surface area contributed by atoms with Crippen molar-refractivity contribution in [1.82, 2.24) is 25.1 Å². The van der Waals surface area contributed by atoms with Crippen LogP contribution >= 0.6 is 11.3 Å². The van der Waals surface area contributed by atoms with Gasteiger partial charge in [-0.15, -0.1) is 11.3 Å². The molecule has 1 amide bonds. The molecule has 6 rings (SSSR count). The number of nitriles is 1. The number of hydrogen-bond acceptors (Lipinski definition) is 8. The first kappa shape index (κ1) is 21.8. The van der Waals surface area contributed by atoms with Crippen LogP contribution in [0.5, 0.6) is 5.75 Å². The molecule has 1 aliphatic heterocycles. The minimum atomic E-state index is -0.0332. The Morgan fingerprint density at radius 3 is 3.00 bits per heavy atom. The molecule has 1 fully saturated rings. The van der Waals surface area contributed by atoms with Crippen LogP contribution in [0, 0.1) is 23.2 Å². The van der Waals surface area contributed by atoms with Crippen molar-refractivity contribution in [3.8, 4) is 11.8 Å². The Hall–Kier alpha value is -3.71. The molecule has 2 N–H and O–H groups in total. The number of nitrogens with zero attached hydrogens (tertiary/aromatic N) is 5. The monoisotopic (exact) mass is 487 g/mol. The molecule has 10 heteroatoms. The van der Waals surface area contributed by atoms with E-state index in [-0.39, 0.29) is 23.8 Å². The number of ether oxygens (including phenoxy) is 1. The van der Waals surface area contributed by atoms with Gasteiger partial charge in [-0.25, -0.2) is 9.97 Å². The number of carbonyl (C=O) groups excluding carboxylic acids is 1. The van der Waals surface area contributed by atoms with Gasteiger partial charge < -0.3 is 15.0 Å². The summed E-state index contributed by atoms with van der Waals surface area (Å²) in [7, 11) is 0. The summed E-state index contributed by atoms with van der Waals surface area (Å²) in [6, 6.07) is 6.21. The number of amides is 1. The maximum absolute atomic E-state index is 12.9. The number of likely N-dealkylation sites (tertiary alicyclic amines) is 1. The highest BCUT2D eigenvalue weighted by molar-refractivity contribution is 7.19. The number of rotatable bonds is 5. The third-order valence-electron chi connectivity index (χ3n) is 6.73. The van der Waals surface area contributed by atoms with Gasteiger partial charge in [0.05, 0.1) is 40.9 Å². The van der Waals surface area contributed by atoms with Crippen LogP contribution < -0.4 is 10.1 Å². The topological polar surface area (TPSA) is 120 Å². The first-order chi connectivity index (χ1) is 17.0. The van der Waals surface area contributed by atoms with Crippen LogP contribution in [0.15, 0.2) is 24.7 Å². The van der Waals surface area contributed by atoms with Crippen molar-refractivity contribution in [1.29, 1.82) is 5.26 Å². The van der Waals surface area contributed by atoms with Crippen LogP contribution in [0.25, 0.3) is 21.1 Å². The van der Waals surface area contributed by atoms with E-state index < -0.39 is 0 Å². The summed E-state index contributed by atoms with van der Waals surface area (Å²) in [4.78, 5) is 26.0. The van der Waals surface area contributed by atoms with Gasteiger partial charge in [0.2, 0.25) is 5.91 Å². The molecule has 3 aromatic heterocycles. The zero-order valence-electron chi connectivity index (χ0n) is 19.5. The van der Waals surface area contributed by atoms with E-state index in [4.69, 9.17) is 10.00 Å². The summed E-state index contributed by atoms with van der Waals surface area (Å²) in [6.07, 6.45) is 5.69. The third kappa shape index (κ3) is 3.86. The molecule has 1 unspecified atom stereocenters. The van der Waals surface area contributed by atoms with E-state index in [0.717, 1.165) is 51.2 Å². The lowest BCUT2D eigenvalue weighted by Gasteiger charge is -2.38. The van der Waals surface area contributed by atoms with Crippen molar-refractivity contribution in [2.24, 2.45) is 11.8 Å². The number of benzene rings is 1. The van der Waals surface area contributed by atoms with E-state index in [9.17, 15) is 4.79 Å². The van der Waals surface area contributed by atoms with Crippen molar-refractivity contribution >= 4 is 49.9 Å². The molecule has 9 nitrogen and oxygen atoms in total. The summed E-state index contributed by atoms with van der Waals surface area (Å²) in [5, 5.41) is 21.7. The Balaban J connectivity index is 1.31. The van der Waals surface area contributed by atoms with Crippen molar-refractivity contribution in [2.75, 3.05) is 18.4 Å². The normalized spacial score (nSPS) is 17.9. The number of fused-ring (bicyclic) bond motifs is 4. The molecular formula is C25H25N7O2S. The Bertz CT molecular complexity index is 1480. The van der Waals surface area contributed by atoms with Crippen molar-refractivity contribution in [2.45, 2.75) is 39.2 Å². The number of carbonyl (C=O) groups is 1. The molecule has 1 aromatic carbocycles. The van der Waals surface area contributed by atoms with E-state index >= 15 is 0 Å². The largest absolute Gasteiger partial charge is 0.489 e. The molecule has 178 valence electrons. The van der Waals surface area contributed by atoms with Crippen molar-refractivity contribution in [3.63, 3.8) is 0 Å². The van der Waals surface area contributed by atoms with Crippen molar-refractivity contribution < 1.29 is 9.53 Å². The second-order valence-electron chi connectivity index (χ2n) is 9.51. The maximum Gasteiger partial charge on any atom is 0.226 e. The quantitative estimate of drug-likeness (QED) is 0.433.